The normalized spacial score (nSPS) is 10.5. The van der Waals surface area contributed by atoms with Crippen LogP contribution in [-0.2, 0) is 6.54 Å². The number of nitrogens with two attached hydrogens (primary N) is 1. The van der Waals surface area contributed by atoms with Crippen LogP contribution < -0.4 is 10.6 Å². The standard InChI is InChI=1S/C12H14FN3O/c1-2-16(11-5-3-4-9(13)6-11)12-15-10(7-14)8-17-12/h3-6,8H,2,7,14H2,1H3. The highest BCUT2D eigenvalue weighted by molar-refractivity contribution is 5.55. The molecule has 0 bridgehead atoms. The van der Waals surface area contributed by atoms with Crippen LogP contribution in [0.2, 0.25) is 0 Å². The Morgan fingerprint density at radius 2 is 2.29 bits per heavy atom. The van der Waals surface area contributed by atoms with Crippen LogP contribution in [0.25, 0.3) is 0 Å². The molecule has 0 atom stereocenters. The molecule has 1 aromatic heterocycles. The van der Waals surface area contributed by atoms with Crippen molar-refractivity contribution in [2.75, 3.05) is 11.4 Å². The average molecular weight is 235 g/mol. The van der Waals surface area contributed by atoms with E-state index in [9.17, 15) is 4.39 Å². The number of aromatic nitrogens is 1. The van der Waals surface area contributed by atoms with Gasteiger partial charge < -0.3 is 10.2 Å². The first-order valence-electron chi connectivity index (χ1n) is 5.42. The maximum absolute atomic E-state index is 13.2. The number of benzene rings is 1. The Morgan fingerprint density at radius 3 is 2.88 bits per heavy atom. The molecule has 17 heavy (non-hydrogen) atoms. The molecule has 5 heteroatoms. The Balaban J connectivity index is 2.33. The van der Waals surface area contributed by atoms with E-state index in [0.29, 0.717) is 30.5 Å². The van der Waals surface area contributed by atoms with Gasteiger partial charge in [-0.25, -0.2) is 4.39 Å². The summed E-state index contributed by atoms with van der Waals surface area (Å²) < 4.78 is 18.5. The monoisotopic (exact) mass is 235 g/mol. The highest BCUT2D eigenvalue weighted by Gasteiger charge is 2.13. The Kier molecular flexibility index (Phi) is 3.39. The van der Waals surface area contributed by atoms with E-state index in [0.717, 1.165) is 0 Å². The van der Waals surface area contributed by atoms with Crippen molar-refractivity contribution < 1.29 is 8.81 Å². The number of anilines is 2. The summed E-state index contributed by atoms with van der Waals surface area (Å²) in [5, 5.41) is 0. The summed E-state index contributed by atoms with van der Waals surface area (Å²) in [6, 6.07) is 6.73. The van der Waals surface area contributed by atoms with Crippen LogP contribution in [0, 0.1) is 5.82 Å². The SMILES string of the molecule is CCN(c1cccc(F)c1)c1nc(CN)co1. The third kappa shape index (κ3) is 2.45. The highest BCUT2D eigenvalue weighted by Crippen LogP contribution is 2.24. The van der Waals surface area contributed by atoms with Crippen LogP contribution in [0.3, 0.4) is 0 Å². The fourth-order valence-electron chi connectivity index (χ4n) is 1.59. The van der Waals surface area contributed by atoms with E-state index < -0.39 is 0 Å². The van der Waals surface area contributed by atoms with Gasteiger partial charge in [-0.1, -0.05) is 6.07 Å². The zero-order valence-corrected chi connectivity index (χ0v) is 9.56. The van der Waals surface area contributed by atoms with Crippen molar-refractivity contribution in [3.05, 3.63) is 42.0 Å². The average Bonchev–Trinajstić information content (AvgIpc) is 2.79. The molecule has 0 aliphatic heterocycles. The van der Waals surface area contributed by atoms with Crippen molar-refractivity contribution in [1.82, 2.24) is 4.98 Å². The van der Waals surface area contributed by atoms with E-state index in [1.807, 2.05) is 6.92 Å². The Labute approximate surface area is 98.9 Å². The van der Waals surface area contributed by atoms with Crippen molar-refractivity contribution in [1.29, 1.82) is 0 Å². The number of oxazole rings is 1. The first kappa shape index (κ1) is 11.6. The highest BCUT2D eigenvalue weighted by atomic mass is 19.1. The van der Waals surface area contributed by atoms with Crippen molar-refractivity contribution in [3.8, 4) is 0 Å². The molecule has 2 rings (SSSR count). The third-order valence-corrected chi connectivity index (χ3v) is 2.42. The molecule has 0 unspecified atom stereocenters. The first-order valence-corrected chi connectivity index (χ1v) is 5.42. The van der Waals surface area contributed by atoms with Crippen LogP contribution in [0.5, 0.6) is 0 Å². The van der Waals surface area contributed by atoms with E-state index in [1.165, 1.54) is 18.4 Å². The number of hydrogen-bond donors (Lipinski definition) is 1. The van der Waals surface area contributed by atoms with Gasteiger partial charge in [-0.05, 0) is 25.1 Å². The van der Waals surface area contributed by atoms with Gasteiger partial charge in [-0.2, -0.15) is 4.98 Å². The maximum Gasteiger partial charge on any atom is 0.302 e. The van der Waals surface area contributed by atoms with Gasteiger partial charge >= 0.3 is 6.01 Å². The lowest BCUT2D eigenvalue weighted by atomic mass is 10.3. The lowest BCUT2D eigenvalue weighted by Crippen LogP contribution is -2.16. The zero-order chi connectivity index (χ0) is 12.3. The van der Waals surface area contributed by atoms with Gasteiger partial charge in [0.1, 0.15) is 12.1 Å². The molecule has 1 aromatic carbocycles. The first-order chi connectivity index (χ1) is 8.24. The minimum atomic E-state index is -0.286. The molecule has 0 saturated heterocycles. The van der Waals surface area contributed by atoms with Gasteiger partial charge in [0.2, 0.25) is 0 Å². The van der Waals surface area contributed by atoms with Crippen molar-refractivity contribution in [2.45, 2.75) is 13.5 Å². The number of nitrogens with zero attached hydrogens (tertiary/aromatic N) is 2. The summed E-state index contributed by atoms with van der Waals surface area (Å²) in [7, 11) is 0. The van der Waals surface area contributed by atoms with Gasteiger partial charge in [-0.15, -0.1) is 0 Å². The lowest BCUT2D eigenvalue weighted by Gasteiger charge is -2.18. The number of rotatable bonds is 4. The Bertz CT molecular complexity index is 498. The molecule has 0 amide bonds. The van der Waals surface area contributed by atoms with Crippen molar-refractivity contribution in [3.63, 3.8) is 0 Å². The summed E-state index contributed by atoms with van der Waals surface area (Å²) in [6.07, 6.45) is 1.51. The predicted octanol–water partition coefficient (Wildman–Crippen LogP) is 2.43. The summed E-state index contributed by atoms with van der Waals surface area (Å²) in [5.74, 6) is -0.286. The van der Waals surface area contributed by atoms with Gasteiger partial charge in [0.05, 0.1) is 5.69 Å². The summed E-state index contributed by atoms with van der Waals surface area (Å²) in [4.78, 5) is 6.00. The molecule has 2 aromatic rings. The smallest absolute Gasteiger partial charge is 0.302 e. The minimum Gasteiger partial charge on any atom is -0.431 e. The molecular weight excluding hydrogens is 221 g/mol. The molecule has 2 N–H and O–H groups in total. The zero-order valence-electron chi connectivity index (χ0n) is 9.56. The molecule has 1 heterocycles. The van der Waals surface area contributed by atoms with E-state index in [1.54, 1.807) is 17.0 Å². The largest absolute Gasteiger partial charge is 0.431 e. The summed E-state index contributed by atoms with van der Waals surface area (Å²) in [6.45, 7) is 2.90. The summed E-state index contributed by atoms with van der Waals surface area (Å²) >= 11 is 0. The van der Waals surface area contributed by atoms with Crippen LogP contribution in [-0.4, -0.2) is 11.5 Å². The predicted molar refractivity (Wildman–Crippen MR) is 63.5 cm³/mol. The molecule has 0 spiro atoms. The fourth-order valence-corrected chi connectivity index (χ4v) is 1.59. The fraction of sp³-hybridized carbons (Fsp3) is 0.250. The van der Waals surface area contributed by atoms with E-state index in [4.69, 9.17) is 10.2 Å². The van der Waals surface area contributed by atoms with E-state index >= 15 is 0 Å². The number of halogens is 1. The van der Waals surface area contributed by atoms with Gasteiger partial charge in [0, 0.05) is 18.8 Å². The molecule has 0 saturated carbocycles. The number of hydrogen-bond acceptors (Lipinski definition) is 4. The van der Waals surface area contributed by atoms with Crippen LogP contribution in [0.4, 0.5) is 16.1 Å². The topological polar surface area (TPSA) is 55.3 Å². The maximum atomic E-state index is 13.2. The van der Waals surface area contributed by atoms with Crippen molar-refractivity contribution >= 4 is 11.7 Å². The second kappa shape index (κ2) is 4.97. The Hall–Kier alpha value is -1.88. The molecule has 90 valence electrons. The molecular formula is C12H14FN3O. The van der Waals surface area contributed by atoms with E-state index in [-0.39, 0.29) is 5.82 Å². The molecule has 0 fully saturated rings. The third-order valence-electron chi connectivity index (χ3n) is 2.42. The summed E-state index contributed by atoms with van der Waals surface area (Å²) in [5.41, 5.74) is 6.85. The van der Waals surface area contributed by atoms with Crippen LogP contribution in [0.15, 0.2) is 34.9 Å². The van der Waals surface area contributed by atoms with Crippen molar-refractivity contribution in [2.24, 2.45) is 5.73 Å². The minimum absolute atomic E-state index is 0.286. The van der Waals surface area contributed by atoms with E-state index in [2.05, 4.69) is 4.98 Å². The van der Waals surface area contributed by atoms with Gasteiger partial charge in [-0.3, -0.25) is 4.90 Å². The molecule has 0 aliphatic rings. The molecule has 4 nitrogen and oxygen atoms in total. The second-order valence-corrected chi connectivity index (χ2v) is 3.55. The quantitative estimate of drug-likeness (QED) is 0.884. The van der Waals surface area contributed by atoms with Crippen LogP contribution in [0.1, 0.15) is 12.6 Å². The molecule has 0 aliphatic carbocycles. The van der Waals surface area contributed by atoms with Crippen LogP contribution >= 0.6 is 0 Å². The second-order valence-electron chi connectivity index (χ2n) is 3.55. The van der Waals surface area contributed by atoms with Gasteiger partial charge in [0.25, 0.3) is 0 Å². The lowest BCUT2D eigenvalue weighted by molar-refractivity contribution is 0.553. The molecule has 0 radical (unpaired) electrons. The van der Waals surface area contributed by atoms with Gasteiger partial charge in [0.15, 0.2) is 0 Å². The Morgan fingerprint density at radius 1 is 1.47 bits per heavy atom.